The Bertz CT molecular complexity index is 499. The van der Waals surface area contributed by atoms with Crippen LogP contribution in [0.4, 0.5) is 0 Å². The van der Waals surface area contributed by atoms with Gasteiger partial charge < -0.3 is 0 Å². The Balaban J connectivity index is 2.43. The van der Waals surface area contributed by atoms with E-state index in [0.717, 1.165) is 11.3 Å². The Morgan fingerprint density at radius 2 is 2.00 bits per heavy atom. The normalized spacial score (nSPS) is 12.8. The van der Waals surface area contributed by atoms with Gasteiger partial charge in [0.25, 0.3) is 0 Å². The van der Waals surface area contributed by atoms with Gasteiger partial charge in [0.15, 0.2) is 0 Å². The molecule has 0 saturated heterocycles. The minimum atomic E-state index is 0.0631. The van der Waals surface area contributed by atoms with Gasteiger partial charge in [0.2, 0.25) is 5.78 Å². The number of fused-ring (bicyclic) bond motifs is 3. The maximum Gasteiger partial charge on any atom is 0.213 e. The highest BCUT2D eigenvalue weighted by Gasteiger charge is 2.26. The molecule has 1 aliphatic rings. The van der Waals surface area contributed by atoms with Crippen molar-refractivity contribution >= 4 is 5.78 Å². The molecule has 1 aliphatic heterocycles. The number of nitrogens with zero attached hydrogens (tertiary/aromatic N) is 2. The molecule has 0 amide bonds. The predicted molar refractivity (Wildman–Crippen MR) is 47.0 cm³/mol. The number of carbonyl (C=O) groups excluding carboxylic acids is 1. The van der Waals surface area contributed by atoms with E-state index in [2.05, 4.69) is 5.10 Å². The molecular formula is C10H6N2O. The van der Waals surface area contributed by atoms with Gasteiger partial charge in [-0.3, -0.25) is 4.79 Å². The summed E-state index contributed by atoms with van der Waals surface area (Å²) in [5.41, 5.74) is 2.28. The highest BCUT2D eigenvalue weighted by molar-refractivity contribution is 6.13. The van der Waals surface area contributed by atoms with Gasteiger partial charge in [-0.05, 0) is 18.2 Å². The van der Waals surface area contributed by atoms with Gasteiger partial charge in [-0.1, -0.05) is 12.1 Å². The fourth-order valence-corrected chi connectivity index (χ4v) is 1.66. The zero-order valence-corrected chi connectivity index (χ0v) is 6.77. The minimum absolute atomic E-state index is 0.0631. The maximum absolute atomic E-state index is 11.7. The van der Waals surface area contributed by atoms with E-state index in [1.54, 1.807) is 16.9 Å². The first-order valence-electron chi connectivity index (χ1n) is 4.06. The van der Waals surface area contributed by atoms with Crippen LogP contribution in [-0.2, 0) is 0 Å². The molecule has 0 N–H and O–H groups in total. The summed E-state index contributed by atoms with van der Waals surface area (Å²) in [6, 6.07) is 9.23. The molecule has 0 unspecified atom stereocenters. The first-order chi connectivity index (χ1) is 6.38. The number of aromatic nitrogens is 2. The van der Waals surface area contributed by atoms with Crippen molar-refractivity contribution in [2.75, 3.05) is 0 Å². The van der Waals surface area contributed by atoms with Crippen LogP contribution in [0.15, 0.2) is 36.5 Å². The molecule has 62 valence electrons. The quantitative estimate of drug-likeness (QED) is 0.511. The molecule has 0 radical (unpaired) electrons. The Labute approximate surface area is 74.6 Å². The Hall–Kier alpha value is -1.90. The van der Waals surface area contributed by atoms with Crippen molar-refractivity contribution in [3.8, 4) is 5.69 Å². The lowest BCUT2D eigenvalue weighted by Crippen LogP contribution is -1.95. The van der Waals surface area contributed by atoms with E-state index in [4.69, 9.17) is 0 Å². The van der Waals surface area contributed by atoms with Crippen molar-refractivity contribution in [1.29, 1.82) is 0 Å². The monoisotopic (exact) mass is 170 g/mol. The number of hydrogen-bond donors (Lipinski definition) is 0. The van der Waals surface area contributed by atoms with Crippen molar-refractivity contribution in [1.82, 2.24) is 9.78 Å². The minimum Gasteiger partial charge on any atom is -0.287 e. The van der Waals surface area contributed by atoms with Crippen LogP contribution in [0, 0.1) is 0 Å². The van der Waals surface area contributed by atoms with Gasteiger partial charge in [-0.2, -0.15) is 5.10 Å². The van der Waals surface area contributed by atoms with Crippen LogP contribution >= 0.6 is 0 Å². The Morgan fingerprint density at radius 1 is 1.15 bits per heavy atom. The van der Waals surface area contributed by atoms with E-state index in [-0.39, 0.29) is 5.78 Å². The number of benzene rings is 1. The Kier molecular flexibility index (Phi) is 1.05. The third kappa shape index (κ3) is 0.685. The lowest BCUT2D eigenvalue weighted by atomic mass is 10.1. The number of ketones is 1. The van der Waals surface area contributed by atoms with Gasteiger partial charge in [0.05, 0.1) is 11.9 Å². The van der Waals surface area contributed by atoms with Gasteiger partial charge in [-0.15, -0.1) is 0 Å². The first kappa shape index (κ1) is 6.60. The lowest BCUT2D eigenvalue weighted by molar-refractivity contribution is 0.104. The molecule has 0 fully saturated rings. The topological polar surface area (TPSA) is 34.9 Å². The zero-order chi connectivity index (χ0) is 8.84. The molecule has 2 heterocycles. The summed E-state index contributed by atoms with van der Waals surface area (Å²) in [5, 5.41) is 4.08. The van der Waals surface area contributed by atoms with Crippen LogP contribution in [0.1, 0.15) is 16.1 Å². The van der Waals surface area contributed by atoms with Crippen LogP contribution in [0.5, 0.6) is 0 Å². The molecule has 0 atom stereocenters. The molecule has 0 aliphatic carbocycles. The molecular weight excluding hydrogens is 164 g/mol. The average Bonchev–Trinajstić information content (AvgIpc) is 2.72. The summed E-state index contributed by atoms with van der Waals surface area (Å²) in [6.45, 7) is 0. The summed E-state index contributed by atoms with van der Waals surface area (Å²) in [5.74, 6) is 0.0631. The summed E-state index contributed by atoms with van der Waals surface area (Å²) in [6.07, 6.45) is 1.64. The van der Waals surface area contributed by atoms with E-state index < -0.39 is 0 Å². The van der Waals surface area contributed by atoms with Crippen molar-refractivity contribution in [3.63, 3.8) is 0 Å². The van der Waals surface area contributed by atoms with Crippen LogP contribution in [0.25, 0.3) is 5.69 Å². The standard InChI is InChI=1S/C10H6N2O/c13-10-7-3-1-2-4-8(7)12-9(10)5-6-11-12/h1-6H. The molecule has 3 rings (SSSR count). The lowest BCUT2D eigenvalue weighted by Gasteiger charge is -1.96. The van der Waals surface area contributed by atoms with E-state index in [0.29, 0.717) is 5.69 Å². The van der Waals surface area contributed by atoms with Crippen LogP contribution in [0.3, 0.4) is 0 Å². The molecule has 2 aromatic rings. The molecule has 13 heavy (non-hydrogen) atoms. The van der Waals surface area contributed by atoms with Crippen LogP contribution in [0.2, 0.25) is 0 Å². The SMILES string of the molecule is O=C1c2ccccc2-n2nccc21. The average molecular weight is 170 g/mol. The van der Waals surface area contributed by atoms with Gasteiger partial charge in [-0.25, -0.2) is 4.68 Å². The van der Waals surface area contributed by atoms with Crippen molar-refractivity contribution in [2.24, 2.45) is 0 Å². The largest absolute Gasteiger partial charge is 0.287 e. The van der Waals surface area contributed by atoms with Crippen LogP contribution < -0.4 is 0 Å². The fraction of sp³-hybridized carbons (Fsp3) is 0. The second-order valence-corrected chi connectivity index (χ2v) is 2.97. The third-order valence-corrected chi connectivity index (χ3v) is 2.25. The van der Waals surface area contributed by atoms with E-state index in [1.165, 1.54) is 0 Å². The van der Waals surface area contributed by atoms with E-state index in [1.807, 2.05) is 24.3 Å². The van der Waals surface area contributed by atoms with E-state index in [9.17, 15) is 4.79 Å². The van der Waals surface area contributed by atoms with Crippen molar-refractivity contribution < 1.29 is 4.79 Å². The number of hydrogen-bond acceptors (Lipinski definition) is 2. The molecule has 0 spiro atoms. The summed E-state index contributed by atoms with van der Waals surface area (Å²) >= 11 is 0. The third-order valence-electron chi connectivity index (χ3n) is 2.25. The molecule has 0 bridgehead atoms. The smallest absolute Gasteiger partial charge is 0.213 e. The molecule has 1 aromatic heterocycles. The molecule has 3 heteroatoms. The summed E-state index contributed by atoms with van der Waals surface area (Å²) in [7, 11) is 0. The molecule has 0 saturated carbocycles. The highest BCUT2D eigenvalue weighted by Crippen LogP contribution is 2.25. The maximum atomic E-state index is 11.7. The second kappa shape index (κ2) is 2.07. The number of para-hydroxylation sites is 1. The zero-order valence-electron chi connectivity index (χ0n) is 6.77. The van der Waals surface area contributed by atoms with Crippen LogP contribution in [-0.4, -0.2) is 15.6 Å². The summed E-state index contributed by atoms with van der Waals surface area (Å²) in [4.78, 5) is 11.7. The predicted octanol–water partition coefficient (Wildman–Crippen LogP) is 1.42. The number of rotatable bonds is 0. The second-order valence-electron chi connectivity index (χ2n) is 2.97. The summed E-state index contributed by atoms with van der Waals surface area (Å²) < 4.78 is 1.68. The Morgan fingerprint density at radius 3 is 2.92 bits per heavy atom. The molecule has 3 nitrogen and oxygen atoms in total. The van der Waals surface area contributed by atoms with Gasteiger partial charge in [0, 0.05) is 5.56 Å². The van der Waals surface area contributed by atoms with Crippen molar-refractivity contribution in [2.45, 2.75) is 0 Å². The highest BCUT2D eigenvalue weighted by atomic mass is 16.1. The van der Waals surface area contributed by atoms with Gasteiger partial charge in [0.1, 0.15) is 5.69 Å². The van der Waals surface area contributed by atoms with Crippen molar-refractivity contribution in [3.05, 3.63) is 47.8 Å². The van der Waals surface area contributed by atoms with Gasteiger partial charge >= 0.3 is 0 Å². The van der Waals surface area contributed by atoms with E-state index >= 15 is 0 Å². The number of carbonyl (C=O) groups is 1. The fourth-order valence-electron chi connectivity index (χ4n) is 1.66. The first-order valence-corrected chi connectivity index (χ1v) is 4.06. The molecule has 1 aromatic carbocycles.